The molecule has 0 fully saturated rings. The maximum Gasteiger partial charge on any atom is 1.20 e. The van der Waals surface area contributed by atoms with Crippen molar-refractivity contribution in [3.05, 3.63) is 482 Å². The molecule has 0 saturated carbocycles. The number of fused-ring (bicyclic) bond motifs is 6. The van der Waals surface area contributed by atoms with E-state index in [-0.39, 0.29) is 57.0 Å². The first kappa shape index (κ1) is 93.8. The summed E-state index contributed by atoms with van der Waals surface area (Å²) in [5, 5.41) is 72.7. The van der Waals surface area contributed by atoms with Gasteiger partial charge in [0, 0.05) is 72.9 Å². The van der Waals surface area contributed by atoms with E-state index in [1.165, 1.54) is 0 Å². The summed E-state index contributed by atoms with van der Waals surface area (Å²) < 4.78 is 66.9. The Kier molecular flexibility index (Phi) is 28.3. The topological polar surface area (TPSA) is 204 Å². The lowest BCUT2D eigenvalue weighted by molar-refractivity contribution is 0.195. The van der Waals surface area contributed by atoms with Gasteiger partial charge in [-0.1, -0.05) is 287 Å². The van der Waals surface area contributed by atoms with Crippen LogP contribution in [0.2, 0.25) is 0 Å². The molecule has 0 bridgehead atoms. The molecule has 18 heteroatoms. The fourth-order valence-corrected chi connectivity index (χ4v) is 24.9. The van der Waals surface area contributed by atoms with E-state index in [4.69, 9.17) is 34.1 Å². The Morgan fingerprint density at radius 1 is 0.218 bits per heavy atom. The summed E-state index contributed by atoms with van der Waals surface area (Å²) in [7, 11) is 0. The van der Waals surface area contributed by atoms with Gasteiger partial charge in [-0.2, -0.15) is 0 Å². The van der Waals surface area contributed by atoms with Gasteiger partial charge < -0.3 is 64.7 Å². The molecule has 3 aliphatic heterocycles. The summed E-state index contributed by atoms with van der Waals surface area (Å²) in [5.74, 6) is 3.77. The van der Waals surface area contributed by atoms with Gasteiger partial charge in [0.1, 0.15) is 5.75 Å². The standard InChI is InChI=1S/2C53H44O6.C15H16O2.C3H7O.3Al/c2*54-32-48-27-40(36-17-9-3-10-18-36)25-46(52(48)58)30-44-23-38(34-13-5-1-6-14-34)21-42(50(44)56)29-43-22-39(35-15-7-2-8-16-35)24-45(51(43)57)31-47-26-41(28-49(33-55)53(47)59)37-19-11-4-12-20-37;1-2-11-8-13(9-14(10-16)15(11)17)12-6-4-3-5-7-12;1-2-3-4;;;/h2*1-28,54-59H,29-33H2;3-9,16-17H,2,10H2,1H3;2-3H2,1H3;;;/q;;;-1;3*+3/p-8. The molecule has 0 radical (unpaired) electrons. The van der Waals surface area contributed by atoms with Gasteiger partial charge in [0.25, 0.3) is 0 Å². The van der Waals surface area contributed by atoms with Gasteiger partial charge in [0.15, 0.2) is 0 Å². The van der Waals surface area contributed by atoms with Crippen molar-refractivity contribution in [3.63, 3.8) is 0 Å². The highest BCUT2D eigenvalue weighted by molar-refractivity contribution is 6.41. The highest BCUT2D eigenvalue weighted by atomic mass is 27.3. The molecule has 21 rings (SSSR count). The minimum atomic E-state index is -3.96. The molecule has 0 unspecified atom stereocenters. The molecule has 0 aromatic heterocycles. The van der Waals surface area contributed by atoms with E-state index in [2.05, 4.69) is 177 Å². The third-order valence-electron chi connectivity index (χ3n) is 26.9. The monoisotopic (exact) mass is 1910 g/mol. The van der Waals surface area contributed by atoms with E-state index in [0.29, 0.717) is 117 Å². The van der Waals surface area contributed by atoms with Crippen LogP contribution < -0.4 is 30.3 Å². The molecular weight excluding hydrogens is 1810 g/mol. The van der Waals surface area contributed by atoms with E-state index >= 15 is 0 Å². The zero-order valence-corrected chi connectivity index (χ0v) is 82.3. The molecule has 0 amide bonds. The second kappa shape index (κ2) is 42.9. The predicted molar refractivity (Wildman–Crippen MR) is 563 cm³/mol. The first-order valence-electron chi connectivity index (χ1n) is 48.5. The quantitative estimate of drug-likeness (QED) is 0.0253. The second-order valence-electron chi connectivity index (χ2n) is 36.3. The molecule has 18 aromatic rings. The lowest BCUT2D eigenvalue weighted by atomic mass is 9.88. The van der Waals surface area contributed by atoms with Crippen LogP contribution in [0.25, 0.3) is 100 Å². The molecule has 0 aliphatic carbocycles. The van der Waals surface area contributed by atoms with Crippen LogP contribution in [0, 0.1) is 0 Å². The number of hydrogen-bond acceptors (Lipinski definition) is 15. The third kappa shape index (κ3) is 20.3. The fraction of sp³-hybridized carbons (Fsp3) is 0.129. The molecule has 142 heavy (non-hydrogen) atoms. The SMILES string of the molecule is CCC[O][Al]1[O]c2c(CO)cc(-c3ccccc3)cc2Cc2cc(-c3ccccc3)cc(Cc3cc(-c4ccccc4)cc(Cc4cc(-c5ccccc5)cc(CO)c4[O][Al]4[O]c5c(CO)cc(-c6ccccc6)cc5Cc5cc(-c6ccccc6)cc(Cc6cc(-c7ccccc7)cc7c6[O][Al]([O]c6c(CC)cc(-c8ccccc8)cc6CO)[O]c6c(CO)cc(-c8ccccc8)cc6C7)c5[O]4)c3O)c2[O]1. The number of phenolic OH excluding ortho intramolecular Hbond substituents is 1. The molecule has 0 atom stereocenters. The molecule has 0 saturated heterocycles. The number of rotatable bonds is 28. The van der Waals surface area contributed by atoms with E-state index in [0.717, 1.165) is 156 Å². The largest absolute Gasteiger partial charge is 1.20 e. The molecule has 3 heterocycles. The number of aryl methyl sites for hydroxylation is 1. The number of aromatic hydroxyl groups is 1. The fourth-order valence-electron chi connectivity index (χ4n) is 20.1. The molecule has 698 valence electrons. The Morgan fingerprint density at radius 3 is 0.669 bits per heavy atom. The highest BCUT2D eigenvalue weighted by Gasteiger charge is 2.51. The van der Waals surface area contributed by atoms with E-state index in [9.17, 15) is 30.6 Å². The van der Waals surface area contributed by atoms with Crippen LogP contribution in [0.1, 0.15) is 120 Å². The van der Waals surface area contributed by atoms with Crippen molar-refractivity contribution >= 4 is 45.4 Å². The minimum Gasteiger partial charge on any atom is -0.588 e. The lowest BCUT2D eigenvalue weighted by Crippen LogP contribution is -2.40. The normalized spacial score (nSPS) is 12.5. The van der Waals surface area contributed by atoms with Crippen molar-refractivity contribution in [2.75, 3.05) is 6.61 Å². The van der Waals surface area contributed by atoms with Crippen molar-refractivity contribution in [3.8, 4) is 152 Å². The summed E-state index contributed by atoms with van der Waals surface area (Å²) in [6.07, 6.45) is 2.55. The van der Waals surface area contributed by atoms with Gasteiger partial charge in [-0.3, -0.25) is 0 Å². The Bertz CT molecular complexity index is 7570. The van der Waals surface area contributed by atoms with Gasteiger partial charge in [0.2, 0.25) is 0 Å². The van der Waals surface area contributed by atoms with Crippen LogP contribution in [0.4, 0.5) is 0 Å². The first-order valence-corrected chi connectivity index (χ1v) is 52.7. The van der Waals surface area contributed by atoms with Crippen LogP contribution in [-0.4, -0.2) is 82.7 Å². The van der Waals surface area contributed by atoms with Crippen LogP contribution in [0.15, 0.2) is 382 Å². The number of hydrogen-bond donors (Lipinski definition) is 6. The summed E-state index contributed by atoms with van der Waals surface area (Å²) >= 11 is -10.8. The smallest absolute Gasteiger partial charge is 0.588 e. The van der Waals surface area contributed by atoms with Gasteiger partial charge >= 0.3 is 45.4 Å². The third-order valence-corrected chi connectivity index (χ3v) is 30.8. The van der Waals surface area contributed by atoms with Gasteiger partial charge in [-0.15, -0.1) is 0 Å². The van der Waals surface area contributed by atoms with Gasteiger partial charge in [0.05, 0.1) is 79.0 Å². The summed E-state index contributed by atoms with van der Waals surface area (Å²) in [6.45, 7) is 2.61. The van der Waals surface area contributed by atoms with Crippen molar-refractivity contribution in [1.82, 2.24) is 0 Å². The van der Waals surface area contributed by atoms with Crippen molar-refractivity contribution in [1.29, 1.82) is 0 Å². The Labute approximate surface area is 842 Å². The zero-order valence-electron chi connectivity index (χ0n) is 78.9. The maximum atomic E-state index is 13.9. The van der Waals surface area contributed by atoms with Crippen LogP contribution in [-0.2, 0) is 81.8 Å². The number of aliphatic hydroxyl groups is 5. The number of aliphatic hydroxyl groups excluding tert-OH is 5. The van der Waals surface area contributed by atoms with Gasteiger partial charge in [-0.05, 0) is 295 Å². The Balaban J connectivity index is 0.743. The second-order valence-corrected chi connectivity index (χ2v) is 40.3. The Hall–Kier alpha value is -14.5. The summed E-state index contributed by atoms with van der Waals surface area (Å²) in [6, 6.07) is 129. The molecule has 3 aliphatic rings. The predicted octanol–water partition coefficient (Wildman–Crippen LogP) is 25.8. The van der Waals surface area contributed by atoms with E-state index < -0.39 is 58.7 Å². The van der Waals surface area contributed by atoms with Gasteiger partial charge in [-0.25, -0.2) is 0 Å². The molecule has 0 spiro atoms. The molecule has 15 nitrogen and oxygen atoms in total. The lowest BCUT2D eigenvalue weighted by Gasteiger charge is -2.30. The molecular formula is C124H103Al3O15. The van der Waals surface area contributed by atoms with Crippen LogP contribution in [0.5, 0.6) is 51.7 Å². The van der Waals surface area contributed by atoms with Crippen molar-refractivity contribution < 1.29 is 64.7 Å². The number of phenols is 1. The van der Waals surface area contributed by atoms with Crippen LogP contribution in [0.3, 0.4) is 0 Å². The first-order chi connectivity index (χ1) is 69.9. The van der Waals surface area contributed by atoms with E-state index in [1.54, 1.807) is 0 Å². The average molecular weight is 1910 g/mol. The molecule has 18 aromatic carbocycles. The molecule has 6 N–H and O–H groups in total. The zero-order chi connectivity index (χ0) is 96.5. The van der Waals surface area contributed by atoms with Crippen molar-refractivity contribution in [2.45, 2.75) is 98.2 Å². The van der Waals surface area contributed by atoms with Crippen molar-refractivity contribution in [2.24, 2.45) is 0 Å². The summed E-state index contributed by atoms with van der Waals surface area (Å²) in [4.78, 5) is 0. The van der Waals surface area contributed by atoms with Crippen LogP contribution >= 0.6 is 0 Å². The average Bonchev–Trinajstić information content (AvgIpc) is 0.757. The van der Waals surface area contributed by atoms with E-state index in [1.807, 2.05) is 219 Å². The highest BCUT2D eigenvalue weighted by Crippen LogP contribution is 2.50. The maximum absolute atomic E-state index is 13.9. The summed E-state index contributed by atoms with van der Waals surface area (Å²) in [5.41, 5.74) is 29.0. The number of benzene rings is 18. The minimum absolute atomic E-state index is 0.0260. The Morgan fingerprint density at radius 2 is 0.415 bits per heavy atom.